The van der Waals surface area contributed by atoms with Gasteiger partial charge in [0.15, 0.2) is 0 Å². The van der Waals surface area contributed by atoms with Gasteiger partial charge in [0.25, 0.3) is 11.7 Å². The van der Waals surface area contributed by atoms with Crippen LogP contribution in [0.5, 0.6) is 5.75 Å². The van der Waals surface area contributed by atoms with Crippen LogP contribution in [-0.2, 0) is 9.59 Å². The number of aliphatic hydroxyl groups is 1. The fraction of sp³-hybridized carbons (Fsp3) is 0.375. The standard InChI is InChI=1S/C24H29N3O4/c1-5-26(6-2)13-14-27-21(17-9-11-25-12-10-17)20(23(29)24(27)30)22(28)19-8-7-18(31-4)15-16(19)3/h7-12,15,21,28H,5-6,13-14H2,1-4H3/b22-20+. The first-order valence-electron chi connectivity index (χ1n) is 10.5. The minimum Gasteiger partial charge on any atom is -0.507 e. The maximum Gasteiger partial charge on any atom is 0.295 e. The van der Waals surface area contributed by atoms with Gasteiger partial charge < -0.3 is 19.6 Å². The SMILES string of the molecule is CCN(CC)CCN1C(=O)C(=O)/C(=C(/O)c2ccc(OC)cc2C)C1c1ccncc1. The largest absolute Gasteiger partial charge is 0.507 e. The molecule has 3 rings (SSSR count). The zero-order chi connectivity index (χ0) is 22.5. The van der Waals surface area contributed by atoms with E-state index in [2.05, 4.69) is 23.7 Å². The van der Waals surface area contributed by atoms with Crippen molar-refractivity contribution in [3.05, 3.63) is 65.0 Å². The molecule has 164 valence electrons. The van der Waals surface area contributed by atoms with Gasteiger partial charge in [-0.15, -0.1) is 0 Å². The van der Waals surface area contributed by atoms with Gasteiger partial charge in [0.1, 0.15) is 11.5 Å². The zero-order valence-electron chi connectivity index (χ0n) is 18.5. The van der Waals surface area contributed by atoms with Crippen LogP contribution >= 0.6 is 0 Å². The maximum absolute atomic E-state index is 13.1. The van der Waals surface area contributed by atoms with Crippen LogP contribution in [0.15, 0.2) is 48.3 Å². The summed E-state index contributed by atoms with van der Waals surface area (Å²) in [6.45, 7) is 8.68. The molecule has 1 N–H and O–H groups in total. The Morgan fingerprint density at radius 3 is 2.42 bits per heavy atom. The van der Waals surface area contributed by atoms with E-state index >= 15 is 0 Å². The van der Waals surface area contributed by atoms with Crippen molar-refractivity contribution in [1.82, 2.24) is 14.8 Å². The minimum atomic E-state index is -0.672. The maximum atomic E-state index is 13.1. The molecule has 0 bridgehead atoms. The number of hydrogen-bond acceptors (Lipinski definition) is 6. The summed E-state index contributed by atoms with van der Waals surface area (Å²) in [6.07, 6.45) is 3.25. The van der Waals surface area contributed by atoms with E-state index in [0.717, 1.165) is 24.2 Å². The molecule has 2 aromatic rings. The summed E-state index contributed by atoms with van der Waals surface area (Å²) in [5, 5.41) is 11.2. The van der Waals surface area contributed by atoms with E-state index in [1.54, 1.807) is 54.7 Å². The first kappa shape index (κ1) is 22.5. The van der Waals surface area contributed by atoms with Crippen LogP contribution in [0, 0.1) is 6.92 Å². The van der Waals surface area contributed by atoms with Gasteiger partial charge in [-0.3, -0.25) is 14.6 Å². The molecule has 0 aliphatic carbocycles. The lowest BCUT2D eigenvalue weighted by molar-refractivity contribution is -0.140. The smallest absolute Gasteiger partial charge is 0.295 e. The topological polar surface area (TPSA) is 83.0 Å². The molecule has 1 unspecified atom stereocenters. The fourth-order valence-electron chi connectivity index (χ4n) is 3.97. The predicted molar refractivity (Wildman–Crippen MR) is 119 cm³/mol. The number of hydrogen-bond donors (Lipinski definition) is 1. The monoisotopic (exact) mass is 423 g/mol. The highest BCUT2D eigenvalue weighted by atomic mass is 16.5. The Morgan fingerprint density at radius 2 is 1.84 bits per heavy atom. The quantitative estimate of drug-likeness (QED) is 0.399. The van der Waals surface area contributed by atoms with Gasteiger partial charge in [0, 0.05) is 31.0 Å². The average Bonchev–Trinajstić information content (AvgIpc) is 3.04. The second-order valence-corrected chi connectivity index (χ2v) is 7.48. The summed E-state index contributed by atoms with van der Waals surface area (Å²) in [4.78, 5) is 33.9. The molecular weight excluding hydrogens is 394 g/mol. The van der Waals surface area contributed by atoms with Crippen molar-refractivity contribution in [1.29, 1.82) is 0 Å². The second-order valence-electron chi connectivity index (χ2n) is 7.48. The molecule has 1 aliphatic heterocycles. The van der Waals surface area contributed by atoms with E-state index in [-0.39, 0.29) is 11.3 Å². The van der Waals surface area contributed by atoms with Crippen molar-refractivity contribution < 1.29 is 19.4 Å². The van der Waals surface area contributed by atoms with Gasteiger partial charge in [-0.1, -0.05) is 13.8 Å². The molecule has 7 heteroatoms. The van der Waals surface area contributed by atoms with E-state index in [0.29, 0.717) is 24.4 Å². The average molecular weight is 424 g/mol. The second kappa shape index (κ2) is 9.75. The lowest BCUT2D eigenvalue weighted by Crippen LogP contribution is -2.38. The third kappa shape index (κ3) is 4.46. The summed E-state index contributed by atoms with van der Waals surface area (Å²) < 4.78 is 5.24. The molecule has 0 saturated carbocycles. The molecule has 31 heavy (non-hydrogen) atoms. The number of ether oxygens (including phenoxy) is 1. The lowest BCUT2D eigenvalue weighted by atomic mass is 9.94. The molecule has 1 atom stereocenters. The Balaban J connectivity index is 2.10. The van der Waals surface area contributed by atoms with E-state index in [9.17, 15) is 14.7 Å². The Labute approximate surface area is 183 Å². The highest BCUT2D eigenvalue weighted by Gasteiger charge is 2.46. The molecule has 0 radical (unpaired) electrons. The number of nitrogens with zero attached hydrogens (tertiary/aromatic N) is 3. The number of likely N-dealkylation sites (tertiary alicyclic amines) is 1. The highest BCUT2D eigenvalue weighted by Crippen LogP contribution is 2.39. The van der Waals surface area contributed by atoms with Gasteiger partial charge >= 0.3 is 0 Å². The number of carbonyl (C=O) groups is 2. The summed E-state index contributed by atoms with van der Waals surface area (Å²) in [7, 11) is 1.57. The normalized spacial score (nSPS) is 18.1. The number of benzene rings is 1. The molecule has 7 nitrogen and oxygen atoms in total. The van der Waals surface area contributed by atoms with Gasteiger partial charge in [0.05, 0.1) is 18.7 Å². The highest BCUT2D eigenvalue weighted by molar-refractivity contribution is 6.46. The van der Waals surface area contributed by atoms with Crippen molar-refractivity contribution in [2.45, 2.75) is 26.8 Å². The number of aromatic nitrogens is 1. The molecule has 1 amide bonds. The van der Waals surface area contributed by atoms with E-state index in [1.807, 2.05) is 6.92 Å². The number of carbonyl (C=O) groups excluding carboxylic acids is 2. The summed E-state index contributed by atoms with van der Waals surface area (Å²) in [5.41, 5.74) is 2.09. The fourth-order valence-corrected chi connectivity index (χ4v) is 3.97. The van der Waals surface area contributed by atoms with Crippen molar-refractivity contribution in [2.24, 2.45) is 0 Å². The number of ketones is 1. The van der Waals surface area contributed by atoms with Crippen LogP contribution in [0.1, 0.15) is 36.6 Å². The molecule has 1 aromatic heterocycles. The van der Waals surface area contributed by atoms with Crippen LogP contribution in [0.2, 0.25) is 0 Å². The third-order valence-corrected chi connectivity index (χ3v) is 5.80. The first-order chi connectivity index (χ1) is 14.9. The number of Topliss-reactive ketones (excluding diaryl/α,β-unsaturated/α-hetero) is 1. The summed E-state index contributed by atoms with van der Waals surface area (Å²) >= 11 is 0. The number of pyridine rings is 1. The van der Waals surface area contributed by atoms with Crippen LogP contribution < -0.4 is 4.74 Å². The zero-order valence-corrected chi connectivity index (χ0v) is 18.5. The van der Waals surface area contributed by atoms with Gasteiger partial charge in [-0.25, -0.2) is 0 Å². The Hall–Kier alpha value is -3.19. The van der Waals surface area contributed by atoms with E-state index in [4.69, 9.17) is 4.74 Å². The van der Waals surface area contributed by atoms with Crippen molar-refractivity contribution in [3.8, 4) is 5.75 Å². The number of amides is 1. The molecule has 1 saturated heterocycles. The van der Waals surface area contributed by atoms with Crippen LogP contribution in [0.25, 0.3) is 5.76 Å². The number of methoxy groups -OCH3 is 1. The van der Waals surface area contributed by atoms with Crippen molar-refractivity contribution >= 4 is 17.4 Å². The van der Waals surface area contributed by atoms with Gasteiger partial charge in [0.2, 0.25) is 0 Å². The van der Waals surface area contributed by atoms with Crippen LogP contribution in [-0.4, -0.2) is 64.9 Å². The Bertz CT molecular complexity index is 984. The molecule has 2 heterocycles. The summed E-state index contributed by atoms with van der Waals surface area (Å²) in [6, 6.07) is 8.09. The Morgan fingerprint density at radius 1 is 1.16 bits per heavy atom. The number of likely N-dealkylation sites (N-methyl/N-ethyl adjacent to an activating group) is 1. The summed E-state index contributed by atoms with van der Waals surface area (Å²) in [5.74, 6) is -0.791. The molecule has 1 fully saturated rings. The third-order valence-electron chi connectivity index (χ3n) is 5.80. The van der Waals surface area contributed by atoms with Gasteiger partial charge in [-0.2, -0.15) is 0 Å². The molecule has 1 aliphatic rings. The van der Waals surface area contributed by atoms with E-state index < -0.39 is 17.7 Å². The Kier molecular flexibility index (Phi) is 7.07. The molecular formula is C24H29N3O4. The van der Waals surface area contributed by atoms with Crippen LogP contribution in [0.4, 0.5) is 0 Å². The predicted octanol–water partition coefficient (Wildman–Crippen LogP) is 3.16. The molecule has 0 spiro atoms. The number of rotatable bonds is 8. The number of aryl methyl sites for hydroxylation is 1. The minimum absolute atomic E-state index is 0.101. The van der Waals surface area contributed by atoms with Crippen molar-refractivity contribution in [3.63, 3.8) is 0 Å². The molecule has 1 aromatic carbocycles. The van der Waals surface area contributed by atoms with Crippen molar-refractivity contribution in [2.75, 3.05) is 33.3 Å². The van der Waals surface area contributed by atoms with Crippen LogP contribution in [0.3, 0.4) is 0 Å². The van der Waals surface area contributed by atoms with Gasteiger partial charge in [-0.05, 0) is 61.5 Å². The number of aliphatic hydroxyl groups excluding tert-OH is 1. The first-order valence-corrected chi connectivity index (χ1v) is 10.5. The lowest BCUT2D eigenvalue weighted by Gasteiger charge is -2.28. The van der Waals surface area contributed by atoms with E-state index in [1.165, 1.54) is 0 Å².